The van der Waals surface area contributed by atoms with Gasteiger partial charge in [0.25, 0.3) is 10.0 Å². The molecule has 32 heavy (non-hydrogen) atoms. The molecule has 0 saturated carbocycles. The van der Waals surface area contributed by atoms with E-state index in [1.807, 2.05) is 50.2 Å². The van der Waals surface area contributed by atoms with Crippen molar-refractivity contribution in [3.63, 3.8) is 0 Å². The van der Waals surface area contributed by atoms with Crippen LogP contribution in [0, 0.1) is 19.8 Å². The molecule has 3 N–H and O–H groups in total. The van der Waals surface area contributed by atoms with Crippen molar-refractivity contribution in [2.75, 3.05) is 16.6 Å². The minimum absolute atomic E-state index is 0.220. The molecule has 1 aromatic heterocycles. The lowest BCUT2D eigenvalue weighted by Crippen LogP contribution is -2.14. The van der Waals surface area contributed by atoms with Gasteiger partial charge in [0.2, 0.25) is 0 Å². The van der Waals surface area contributed by atoms with Crippen molar-refractivity contribution in [2.45, 2.75) is 32.6 Å². The molecule has 0 fully saturated rings. The zero-order valence-corrected chi connectivity index (χ0v) is 19.5. The fraction of sp³-hybridized carbons (Fsp3) is 0.240. The van der Waals surface area contributed by atoms with Crippen LogP contribution in [0.15, 0.2) is 65.6 Å². The number of nitrogens with one attached hydrogen (secondary N) is 3. The lowest BCUT2D eigenvalue weighted by atomic mass is 10.0. The highest BCUT2D eigenvalue weighted by atomic mass is 32.2. The van der Waals surface area contributed by atoms with E-state index in [1.165, 1.54) is 0 Å². The molecule has 6 nitrogen and oxygen atoms in total. The number of aromatic amines is 1. The number of aromatic nitrogens is 2. The van der Waals surface area contributed by atoms with E-state index in [-0.39, 0.29) is 4.90 Å². The molecule has 4 rings (SSSR count). The van der Waals surface area contributed by atoms with Crippen molar-refractivity contribution in [1.29, 1.82) is 0 Å². The first-order valence-corrected chi connectivity index (χ1v) is 12.1. The molecule has 0 unspecified atom stereocenters. The van der Waals surface area contributed by atoms with E-state index in [9.17, 15) is 8.42 Å². The van der Waals surface area contributed by atoms with Gasteiger partial charge in [0.15, 0.2) is 0 Å². The number of sulfonamides is 1. The van der Waals surface area contributed by atoms with E-state index >= 15 is 0 Å². The molecule has 0 aliphatic carbocycles. The van der Waals surface area contributed by atoms with E-state index in [1.54, 1.807) is 24.3 Å². The first kappa shape index (κ1) is 21.9. The highest BCUT2D eigenvalue weighted by molar-refractivity contribution is 7.92. The highest BCUT2D eigenvalue weighted by Crippen LogP contribution is 2.31. The van der Waals surface area contributed by atoms with Gasteiger partial charge in [-0.3, -0.25) is 9.82 Å². The van der Waals surface area contributed by atoms with E-state index in [0.717, 1.165) is 45.5 Å². The molecule has 3 aromatic carbocycles. The molecule has 0 atom stereocenters. The standard InChI is InChI=1S/C25H28N4O2S/c1-16(2)15-26-24-14-21(13-23-18(4)27-28-25(23)24)29-32(30,31)22-10-6-9-20(12-22)19-8-5-7-17(3)11-19/h5-14,16,26,29H,15H2,1-4H3,(H,27,28). The minimum Gasteiger partial charge on any atom is -0.383 e. The fourth-order valence-corrected chi connectivity index (χ4v) is 4.72. The lowest BCUT2D eigenvalue weighted by Gasteiger charge is -2.14. The summed E-state index contributed by atoms with van der Waals surface area (Å²) in [6.45, 7) is 8.94. The summed E-state index contributed by atoms with van der Waals surface area (Å²) in [7, 11) is -3.77. The Bertz CT molecular complexity index is 1370. The van der Waals surface area contributed by atoms with E-state index in [2.05, 4.69) is 34.1 Å². The Hall–Kier alpha value is -3.32. The number of rotatable bonds is 7. The van der Waals surface area contributed by atoms with Crippen molar-refractivity contribution in [1.82, 2.24) is 10.2 Å². The van der Waals surface area contributed by atoms with Crippen molar-refractivity contribution in [3.8, 4) is 11.1 Å². The Morgan fingerprint density at radius 1 is 0.969 bits per heavy atom. The molecule has 0 bridgehead atoms. The second kappa shape index (κ2) is 8.67. The van der Waals surface area contributed by atoms with Crippen LogP contribution in [-0.4, -0.2) is 25.2 Å². The van der Waals surface area contributed by atoms with E-state index in [4.69, 9.17) is 0 Å². The number of benzene rings is 3. The smallest absolute Gasteiger partial charge is 0.261 e. The van der Waals surface area contributed by atoms with Gasteiger partial charge >= 0.3 is 0 Å². The second-order valence-corrected chi connectivity index (χ2v) is 10.2. The number of fused-ring (bicyclic) bond motifs is 1. The number of hydrogen-bond donors (Lipinski definition) is 3. The summed E-state index contributed by atoms with van der Waals surface area (Å²) in [5.41, 5.74) is 5.94. The zero-order valence-electron chi connectivity index (χ0n) is 18.7. The average Bonchev–Trinajstić information content (AvgIpc) is 3.12. The van der Waals surface area contributed by atoms with Gasteiger partial charge < -0.3 is 5.32 Å². The topological polar surface area (TPSA) is 86.9 Å². The summed E-state index contributed by atoms with van der Waals surface area (Å²) >= 11 is 0. The van der Waals surface area contributed by atoms with Crippen LogP contribution in [-0.2, 0) is 10.0 Å². The summed E-state index contributed by atoms with van der Waals surface area (Å²) in [6.07, 6.45) is 0. The van der Waals surface area contributed by atoms with Crippen LogP contribution in [0.1, 0.15) is 25.1 Å². The van der Waals surface area contributed by atoms with Gasteiger partial charge in [-0.2, -0.15) is 5.10 Å². The first-order valence-electron chi connectivity index (χ1n) is 10.7. The van der Waals surface area contributed by atoms with E-state index < -0.39 is 10.0 Å². The minimum atomic E-state index is -3.77. The van der Waals surface area contributed by atoms with Crippen molar-refractivity contribution in [2.24, 2.45) is 5.92 Å². The molecule has 0 aliphatic rings. The zero-order chi connectivity index (χ0) is 22.9. The van der Waals surface area contributed by atoms with Gasteiger partial charge in [0.1, 0.15) is 5.52 Å². The maximum Gasteiger partial charge on any atom is 0.261 e. The van der Waals surface area contributed by atoms with Gasteiger partial charge in [-0.05, 0) is 55.2 Å². The summed E-state index contributed by atoms with van der Waals surface area (Å²) in [6, 6.07) is 18.6. The normalized spacial score (nSPS) is 11.8. The second-order valence-electron chi connectivity index (χ2n) is 8.55. The third-order valence-electron chi connectivity index (χ3n) is 5.30. The molecule has 166 valence electrons. The summed E-state index contributed by atoms with van der Waals surface area (Å²) in [5.74, 6) is 0.440. The molecule has 0 aliphatic heterocycles. The van der Waals surface area contributed by atoms with Crippen LogP contribution in [0.4, 0.5) is 11.4 Å². The van der Waals surface area contributed by atoms with E-state index in [0.29, 0.717) is 11.6 Å². The number of anilines is 2. The molecule has 0 saturated heterocycles. The van der Waals surface area contributed by atoms with Gasteiger partial charge in [0, 0.05) is 17.6 Å². The van der Waals surface area contributed by atoms with Crippen LogP contribution in [0.3, 0.4) is 0 Å². The fourth-order valence-electron chi connectivity index (χ4n) is 3.63. The molecule has 0 amide bonds. The maximum absolute atomic E-state index is 13.2. The number of hydrogen-bond acceptors (Lipinski definition) is 4. The van der Waals surface area contributed by atoms with Crippen molar-refractivity contribution in [3.05, 3.63) is 71.9 Å². The Morgan fingerprint density at radius 2 is 1.69 bits per heavy atom. The number of H-pyrrole nitrogens is 1. The number of nitrogens with zero attached hydrogens (tertiary/aromatic N) is 1. The molecule has 1 heterocycles. The summed E-state index contributed by atoms with van der Waals surface area (Å²) in [4.78, 5) is 0.220. The Morgan fingerprint density at radius 3 is 2.41 bits per heavy atom. The lowest BCUT2D eigenvalue weighted by molar-refractivity contribution is 0.601. The predicted molar refractivity (Wildman–Crippen MR) is 132 cm³/mol. The van der Waals surface area contributed by atoms with Crippen LogP contribution in [0.5, 0.6) is 0 Å². The van der Waals surface area contributed by atoms with Gasteiger partial charge in [-0.25, -0.2) is 8.42 Å². The maximum atomic E-state index is 13.2. The Balaban J connectivity index is 1.69. The van der Waals surface area contributed by atoms with Crippen LogP contribution in [0.2, 0.25) is 0 Å². The van der Waals surface area contributed by atoms with Gasteiger partial charge in [0.05, 0.1) is 16.3 Å². The molecular formula is C25H28N4O2S. The third-order valence-corrected chi connectivity index (χ3v) is 6.68. The monoisotopic (exact) mass is 448 g/mol. The SMILES string of the molecule is Cc1cccc(-c2cccc(S(=O)(=O)Nc3cc(NCC(C)C)c4n[nH]c(C)c4c3)c2)c1. The first-order chi connectivity index (χ1) is 15.2. The largest absolute Gasteiger partial charge is 0.383 e. The van der Waals surface area contributed by atoms with Crippen LogP contribution >= 0.6 is 0 Å². The highest BCUT2D eigenvalue weighted by Gasteiger charge is 2.18. The Kier molecular flexibility index (Phi) is 5.93. The van der Waals surface area contributed by atoms with Gasteiger partial charge in [-0.1, -0.05) is 55.8 Å². The summed E-state index contributed by atoms with van der Waals surface area (Å²) in [5, 5.41) is 11.6. The quantitative estimate of drug-likeness (QED) is 0.338. The molecular weight excluding hydrogens is 420 g/mol. The summed E-state index contributed by atoms with van der Waals surface area (Å²) < 4.78 is 29.2. The molecule has 0 spiro atoms. The third kappa shape index (κ3) is 4.62. The average molecular weight is 449 g/mol. The molecule has 7 heteroatoms. The van der Waals surface area contributed by atoms with Gasteiger partial charge in [-0.15, -0.1) is 0 Å². The predicted octanol–water partition coefficient (Wildman–Crippen LogP) is 5.72. The molecule has 4 aromatic rings. The van der Waals surface area contributed by atoms with Crippen LogP contribution in [0.25, 0.3) is 22.0 Å². The number of aryl methyl sites for hydroxylation is 2. The molecule has 0 radical (unpaired) electrons. The Labute approximate surface area is 189 Å². The van der Waals surface area contributed by atoms with Crippen molar-refractivity contribution >= 4 is 32.3 Å². The van der Waals surface area contributed by atoms with Crippen molar-refractivity contribution < 1.29 is 8.42 Å². The van der Waals surface area contributed by atoms with Crippen LogP contribution < -0.4 is 10.0 Å².